The monoisotopic (exact) mass is 288 g/mol. The molecule has 0 radical (unpaired) electrons. The second kappa shape index (κ2) is 6.09. The molecule has 1 heterocycles. The van der Waals surface area contributed by atoms with Crippen molar-refractivity contribution >= 4 is 22.9 Å². The van der Waals surface area contributed by atoms with Crippen LogP contribution in [-0.2, 0) is 6.54 Å². The summed E-state index contributed by atoms with van der Waals surface area (Å²) < 4.78 is 0. The molecule has 0 saturated carbocycles. The fourth-order valence-electron chi connectivity index (χ4n) is 2.09. The molecule has 1 aromatic heterocycles. The molecular formula is C16H20N2OS. The molecular weight excluding hydrogens is 268 g/mol. The van der Waals surface area contributed by atoms with E-state index in [4.69, 9.17) is 5.73 Å². The van der Waals surface area contributed by atoms with Gasteiger partial charge in [-0.2, -0.15) is 0 Å². The predicted molar refractivity (Wildman–Crippen MR) is 84.9 cm³/mol. The molecule has 0 aliphatic carbocycles. The van der Waals surface area contributed by atoms with Crippen LogP contribution in [0.3, 0.4) is 0 Å². The van der Waals surface area contributed by atoms with E-state index in [2.05, 4.69) is 0 Å². The standard InChI is InChI=1S/C16H20N2OS/c1-11(2)18(10-13-5-4-8-20-13)16(19)14-7-6-12(3)9-15(14)17/h4-9,11H,10,17H2,1-3H3. The highest BCUT2D eigenvalue weighted by Gasteiger charge is 2.21. The lowest BCUT2D eigenvalue weighted by Crippen LogP contribution is -2.36. The van der Waals surface area contributed by atoms with Crippen molar-refractivity contribution in [3.63, 3.8) is 0 Å². The average molecular weight is 288 g/mol. The van der Waals surface area contributed by atoms with Crippen molar-refractivity contribution in [2.45, 2.75) is 33.4 Å². The number of anilines is 1. The fourth-order valence-corrected chi connectivity index (χ4v) is 2.79. The van der Waals surface area contributed by atoms with Gasteiger partial charge in [-0.3, -0.25) is 4.79 Å². The first kappa shape index (κ1) is 14.6. The van der Waals surface area contributed by atoms with Crippen molar-refractivity contribution < 1.29 is 4.79 Å². The summed E-state index contributed by atoms with van der Waals surface area (Å²) in [6.07, 6.45) is 0. The van der Waals surface area contributed by atoms with Crippen molar-refractivity contribution in [1.29, 1.82) is 0 Å². The summed E-state index contributed by atoms with van der Waals surface area (Å²) in [5, 5.41) is 2.03. The van der Waals surface area contributed by atoms with Gasteiger partial charge in [0.25, 0.3) is 5.91 Å². The summed E-state index contributed by atoms with van der Waals surface area (Å²) in [4.78, 5) is 15.7. The maximum atomic E-state index is 12.7. The highest BCUT2D eigenvalue weighted by molar-refractivity contribution is 7.09. The molecule has 2 rings (SSSR count). The molecule has 20 heavy (non-hydrogen) atoms. The minimum absolute atomic E-state index is 0.00843. The first-order valence-corrected chi connectivity index (χ1v) is 7.56. The number of aryl methyl sites for hydroxylation is 1. The molecule has 0 atom stereocenters. The SMILES string of the molecule is Cc1ccc(C(=O)N(Cc2cccs2)C(C)C)c(N)c1. The molecule has 0 bridgehead atoms. The maximum Gasteiger partial charge on any atom is 0.256 e. The highest BCUT2D eigenvalue weighted by Crippen LogP contribution is 2.20. The Balaban J connectivity index is 2.27. The van der Waals surface area contributed by atoms with E-state index in [0.29, 0.717) is 17.8 Å². The number of hydrogen-bond acceptors (Lipinski definition) is 3. The summed E-state index contributed by atoms with van der Waals surface area (Å²) in [7, 11) is 0. The molecule has 0 fully saturated rings. The van der Waals surface area contributed by atoms with Gasteiger partial charge in [0, 0.05) is 16.6 Å². The van der Waals surface area contributed by atoms with Crippen molar-refractivity contribution in [2.75, 3.05) is 5.73 Å². The van der Waals surface area contributed by atoms with E-state index in [9.17, 15) is 4.79 Å². The van der Waals surface area contributed by atoms with Gasteiger partial charge in [0.2, 0.25) is 0 Å². The van der Waals surface area contributed by atoms with Gasteiger partial charge in [-0.25, -0.2) is 0 Å². The van der Waals surface area contributed by atoms with E-state index in [1.54, 1.807) is 11.3 Å². The second-order valence-electron chi connectivity index (χ2n) is 5.20. The lowest BCUT2D eigenvalue weighted by molar-refractivity contribution is 0.0693. The molecule has 0 spiro atoms. The van der Waals surface area contributed by atoms with E-state index in [0.717, 1.165) is 5.56 Å². The molecule has 3 nitrogen and oxygen atoms in total. The van der Waals surface area contributed by atoms with Crippen LogP contribution in [0.5, 0.6) is 0 Å². The summed E-state index contributed by atoms with van der Waals surface area (Å²) in [6, 6.07) is 9.76. The summed E-state index contributed by atoms with van der Waals surface area (Å²) >= 11 is 1.66. The van der Waals surface area contributed by atoms with Crippen molar-refractivity contribution in [3.05, 3.63) is 51.7 Å². The third-order valence-electron chi connectivity index (χ3n) is 3.23. The van der Waals surface area contributed by atoms with Gasteiger partial charge in [0.1, 0.15) is 0 Å². The zero-order chi connectivity index (χ0) is 14.7. The average Bonchev–Trinajstić information content (AvgIpc) is 2.87. The van der Waals surface area contributed by atoms with Crippen LogP contribution < -0.4 is 5.73 Å². The van der Waals surface area contributed by atoms with E-state index in [1.807, 2.05) is 61.4 Å². The van der Waals surface area contributed by atoms with Crippen molar-refractivity contribution in [3.8, 4) is 0 Å². The first-order chi connectivity index (χ1) is 9.49. The summed E-state index contributed by atoms with van der Waals surface area (Å²) in [5.74, 6) is -0.00843. The van der Waals surface area contributed by atoms with Crippen LogP contribution in [0.15, 0.2) is 35.7 Å². The number of carbonyl (C=O) groups excluding carboxylic acids is 1. The molecule has 0 unspecified atom stereocenters. The van der Waals surface area contributed by atoms with Gasteiger partial charge in [0.05, 0.1) is 12.1 Å². The normalized spacial score (nSPS) is 10.8. The Bertz CT molecular complexity index is 591. The minimum atomic E-state index is -0.00843. The molecule has 0 saturated heterocycles. The van der Waals surface area contributed by atoms with Gasteiger partial charge in [-0.1, -0.05) is 12.1 Å². The number of nitrogens with zero attached hydrogens (tertiary/aromatic N) is 1. The first-order valence-electron chi connectivity index (χ1n) is 6.68. The third kappa shape index (κ3) is 3.20. The zero-order valence-electron chi connectivity index (χ0n) is 12.1. The molecule has 1 amide bonds. The number of amides is 1. The predicted octanol–water partition coefficient (Wildman–Crippen LogP) is 3.69. The molecule has 2 N–H and O–H groups in total. The Hall–Kier alpha value is -1.81. The molecule has 2 aromatic rings. The lowest BCUT2D eigenvalue weighted by Gasteiger charge is -2.27. The molecule has 106 valence electrons. The Morgan fingerprint density at radius 1 is 1.35 bits per heavy atom. The molecule has 0 aliphatic heterocycles. The topological polar surface area (TPSA) is 46.3 Å². The number of thiophene rings is 1. The van der Waals surface area contributed by atoms with Crippen LogP contribution in [0.4, 0.5) is 5.69 Å². The van der Waals surface area contributed by atoms with Gasteiger partial charge < -0.3 is 10.6 Å². The minimum Gasteiger partial charge on any atom is -0.398 e. The van der Waals surface area contributed by atoms with E-state index in [1.165, 1.54) is 4.88 Å². The second-order valence-corrected chi connectivity index (χ2v) is 6.23. The zero-order valence-corrected chi connectivity index (χ0v) is 12.9. The lowest BCUT2D eigenvalue weighted by atomic mass is 10.1. The van der Waals surface area contributed by atoms with Crippen LogP contribution in [0, 0.1) is 6.92 Å². The number of benzene rings is 1. The Labute approximate surface area is 124 Å². The molecule has 4 heteroatoms. The smallest absolute Gasteiger partial charge is 0.256 e. The number of carbonyl (C=O) groups is 1. The number of nitrogens with two attached hydrogens (primary N) is 1. The Morgan fingerprint density at radius 3 is 2.65 bits per heavy atom. The summed E-state index contributed by atoms with van der Waals surface area (Å²) in [6.45, 7) is 6.64. The van der Waals surface area contributed by atoms with Crippen LogP contribution in [0.1, 0.15) is 34.6 Å². The van der Waals surface area contributed by atoms with E-state index >= 15 is 0 Å². The number of hydrogen-bond donors (Lipinski definition) is 1. The van der Waals surface area contributed by atoms with Crippen LogP contribution in [0.25, 0.3) is 0 Å². The van der Waals surface area contributed by atoms with Crippen LogP contribution >= 0.6 is 11.3 Å². The number of nitrogen functional groups attached to an aromatic ring is 1. The van der Waals surface area contributed by atoms with Crippen molar-refractivity contribution in [1.82, 2.24) is 4.90 Å². The Morgan fingerprint density at radius 2 is 2.10 bits per heavy atom. The quantitative estimate of drug-likeness (QED) is 0.872. The van der Waals surface area contributed by atoms with Gasteiger partial charge in [-0.05, 0) is 49.9 Å². The third-order valence-corrected chi connectivity index (χ3v) is 4.09. The largest absolute Gasteiger partial charge is 0.398 e. The summed E-state index contributed by atoms with van der Waals surface area (Å²) in [5.41, 5.74) is 8.18. The molecule has 0 aliphatic rings. The van der Waals surface area contributed by atoms with Gasteiger partial charge in [-0.15, -0.1) is 11.3 Å². The van der Waals surface area contributed by atoms with E-state index in [-0.39, 0.29) is 11.9 Å². The maximum absolute atomic E-state index is 12.7. The van der Waals surface area contributed by atoms with Gasteiger partial charge >= 0.3 is 0 Å². The fraction of sp³-hybridized carbons (Fsp3) is 0.312. The Kier molecular flexibility index (Phi) is 4.45. The van der Waals surface area contributed by atoms with Crippen LogP contribution in [-0.4, -0.2) is 16.8 Å². The van der Waals surface area contributed by atoms with E-state index < -0.39 is 0 Å². The molecule has 1 aromatic carbocycles. The van der Waals surface area contributed by atoms with Gasteiger partial charge in [0.15, 0.2) is 0 Å². The highest BCUT2D eigenvalue weighted by atomic mass is 32.1. The van der Waals surface area contributed by atoms with Crippen molar-refractivity contribution in [2.24, 2.45) is 0 Å². The number of rotatable bonds is 4. The van der Waals surface area contributed by atoms with Crippen LogP contribution in [0.2, 0.25) is 0 Å².